The highest BCUT2D eigenvalue weighted by atomic mass is 19.4. The second-order valence-corrected chi connectivity index (χ2v) is 6.61. The molecule has 3 rings (SSSR count). The van der Waals surface area contributed by atoms with Crippen LogP contribution in [0.4, 0.5) is 18.9 Å². The third-order valence-electron chi connectivity index (χ3n) is 4.54. The molecule has 1 heterocycles. The molecule has 4 nitrogen and oxygen atoms in total. The minimum absolute atomic E-state index is 0.342. The maximum absolute atomic E-state index is 13.2. The molecule has 7 heteroatoms. The van der Waals surface area contributed by atoms with Crippen LogP contribution in [0.5, 0.6) is 5.75 Å². The molecule has 2 aromatic carbocycles. The van der Waals surface area contributed by atoms with Gasteiger partial charge in [-0.15, -0.1) is 0 Å². The second-order valence-electron chi connectivity index (χ2n) is 6.61. The van der Waals surface area contributed by atoms with Gasteiger partial charge in [-0.25, -0.2) is 0 Å². The van der Waals surface area contributed by atoms with Crippen molar-refractivity contribution in [3.05, 3.63) is 59.7 Å². The molecule has 0 aromatic heterocycles. The van der Waals surface area contributed by atoms with Crippen LogP contribution in [0.25, 0.3) is 0 Å². The average Bonchev–Trinajstić information content (AvgIpc) is 2.78. The fourth-order valence-electron chi connectivity index (χ4n) is 3.16. The number of hydrogen-bond acceptors (Lipinski definition) is 3. The third-order valence-corrected chi connectivity index (χ3v) is 4.54. The van der Waals surface area contributed by atoms with Crippen LogP contribution in [0, 0.1) is 0 Å². The van der Waals surface area contributed by atoms with Gasteiger partial charge in [0.25, 0.3) is 5.91 Å². The molecule has 0 radical (unpaired) electrons. The van der Waals surface area contributed by atoms with Gasteiger partial charge in [0.1, 0.15) is 5.75 Å². The van der Waals surface area contributed by atoms with Gasteiger partial charge in [-0.3, -0.25) is 4.79 Å². The Morgan fingerprint density at radius 2 is 1.74 bits per heavy atom. The lowest BCUT2D eigenvalue weighted by Crippen LogP contribution is -2.43. The lowest BCUT2D eigenvalue weighted by atomic mass is 10.1. The fraction of sp³-hybridized carbons (Fsp3) is 0.350. The number of amides is 1. The van der Waals surface area contributed by atoms with Crippen molar-refractivity contribution in [2.75, 3.05) is 25.0 Å². The summed E-state index contributed by atoms with van der Waals surface area (Å²) >= 11 is 0. The molecule has 27 heavy (non-hydrogen) atoms. The van der Waals surface area contributed by atoms with E-state index >= 15 is 0 Å². The molecule has 1 aliphatic rings. The summed E-state index contributed by atoms with van der Waals surface area (Å²) in [6, 6.07) is 12.5. The zero-order valence-electron chi connectivity index (χ0n) is 15.2. The van der Waals surface area contributed by atoms with Crippen molar-refractivity contribution in [1.29, 1.82) is 0 Å². The zero-order chi connectivity index (χ0) is 19.6. The number of benzene rings is 2. The molecule has 1 unspecified atom stereocenters. The maximum atomic E-state index is 13.2. The topological polar surface area (TPSA) is 32.8 Å². The van der Waals surface area contributed by atoms with Crippen LogP contribution in [-0.2, 0) is 17.5 Å². The monoisotopic (exact) mass is 378 g/mol. The predicted molar refractivity (Wildman–Crippen MR) is 96.7 cm³/mol. The van der Waals surface area contributed by atoms with Crippen LogP contribution in [0.2, 0.25) is 0 Å². The first-order valence-electron chi connectivity index (χ1n) is 8.68. The number of alkyl halides is 3. The van der Waals surface area contributed by atoms with Crippen LogP contribution >= 0.6 is 0 Å². The molecule has 0 fully saturated rings. The van der Waals surface area contributed by atoms with Crippen molar-refractivity contribution in [2.24, 2.45) is 0 Å². The first-order chi connectivity index (χ1) is 12.8. The lowest BCUT2D eigenvalue weighted by Gasteiger charge is -2.26. The Bertz CT molecular complexity index is 823. The van der Waals surface area contributed by atoms with Crippen molar-refractivity contribution in [3.8, 4) is 5.75 Å². The van der Waals surface area contributed by atoms with Crippen LogP contribution in [-0.4, -0.2) is 37.0 Å². The van der Waals surface area contributed by atoms with Crippen molar-refractivity contribution in [3.63, 3.8) is 0 Å². The molecule has 0 N–H and O–H groups in total. The molecule has 0 aliphatic carbocycles. The van der Waals surface area contributed by atoms with E-state index in [0.29, 0.717) is 19.6 Å². The SMILES string of the molecule is CC(Oc1ccccc1C(F)(F)F)C(=O)N1CCN(C)Cc2ccccc21. The Balaban J connectivity index is 1.85. The first kappa shape index (κ1) is 19.2. The van der Waals surface area contributed by atoms with Gasteiger partial charge in [0, 0.05) is 25.3 Å². The van der Waals surface area contributed by atoms with Crippen molar-refractivity contribution in [2.45, 2.75) is 25.7 Å². The summed E-state index contributed by atoms with van der Waals surface area (Å²) in [7, 11) is 1.96. The highest BCUT2D eigenvalue weighted by Crippen LogP contribution is 2.36. The molecule has 2 aromatic rings. The van der Waals surface area contributed by atoms with Gasteiger partial charge < -0.3 is 14.5 Å². The molecule has 1 atom stereocenters. The fourth-order valence-corrected chi connectivity index (χ4v) is 3.16. The zero-order valence-corrected chi connectivity index (χ0v) is 15.2. The summed E-state index contributed by atoms with van der Waals surface area (Å²) in [5.74, 6) is -0.708. The van der Waals surface area contributed by atoms with E-state index in [0.717, 1.165) is 17.3 Å². The Morgan fingerprint density at radius 1 is 1.07 bits per heavy atom. The van der Waals surface area contributed by atoms with E-state index in [4.69, 9.17) is 4.74 Å². The molecule has 1 amide bonds. The number of para-hydroxylation sites is 2. The van der Waals surface area contributed by atoms with E-state index in [1.165, 1.54) is 25.1 Å². The normalized spacial score (nSPS) is 16.4. The highest BCUT2D eigenvalue weighted by Gasteiger charge is 2.35. The smallest absolute Gasteiger partial charge is 0.419 e. The average molecular weight is 378 g/mol. The molecule has 144 valence electrons. The number of carbonyl (C=O) groups is 1. The number of fused-ring (bicyclic) bond motifs is 1. The Hall–Kier alpha value is -2.54. The second kappa shape index (κ2) is 7.60. The minimum Gasteiger partial charge on any atom is -0.480 e. The van der Waals surface area contributed by atoms with E-state index in [-0.39, 0.29) is 11.7 Å². The maximum Gasteiger partial charge on any atom is 0.419 e. The van der Waals surface area contributed by atoms with Crippen LogP contribution < -0.4 is 9.64 Å². The molecular formula is C20H21F3N2O2. The number of hydrogen-bond donors (Lipinski definition) is 0. The summed E-state index contributed by atoms with van der Waals surface area (Å²) in [5.41, 5.74) is 0.876. The van der Waals surface area contributed by atoms with Gasteiger partial charge in [-0.05, 0) is 37.7 Å². The number of rotatable bonds is 3. The van der Waals surface area contributed by atoms with Crippen LogP contribution in [0.3, 0.4) is 0 Å². The Labute approximate surface area is 156 Å². The molecule has 1 aliphatic heterocycles. The van der Waals surface area contributed by atoms with Gasteiger partial charge in [0.05, 0.1) is 5.56 Å². The standard InChI is InChI=1S/C20H21F3N2O2/c1-14(27-18-10-6-4-8-16(18)20(21,22)23)19(26)25-12-11-24(2)13-15-7-3-5-9-17(15)25/h3-10,14H,11-13H2,1-2H3. The number of anilines is 1. The number of carbonyl (C=O) groups excluding carboxylic acids is 1. The van der Waals surface area contributed by atoms with Gasteiger partial charge in [-0.2, -0.15) is 13.2 Å². The van der Waals surface area contributed by atoms with Crippen molar-refractivity contribution >= 4 is 11.6 Å². The number of likely N-dealkylation sites (N-methyl/N-ethyl adjacent to an activating group) is 1. The van der Waals surface area contributed by atoms with Crippen molar-refractivity contribution in [1.82, 2.24) is 4.90 Å². The summed E-state index contributed by atoms with van der Waals surface area (Å²) < 4.78 is 44.9. The molecular weight excluding hydrogens is 357 g/mol. The van der Waals surface area contributed by atoms with Crippen LogP contribution in [0.1, 0.15) is 18.1 Å². The minimum atomic E-state index is -4.54. The van der Waals surface area contributed by atoms with Crippen molar-refractivity contribution < 1.29 is 22.7 Å². The Kier molecular flexibility index (Phi) is 5.41. The summed E-state index contributed by atoms with van der Waals surface area (Å²) in [4.78, 5) is 16.7. The summed E-state index contributed by atoms with van der Waals surface area (Å²) in [6.07, 6.45) is -5.60. The largest absolute Gasteiger partial charge is 0.480 e. The quantitative estimate of drug-likeness (QED) is 0.811. The summed E-state index contributed by atoms with van der Waals surface area (Å²) in [5, 5.41) is 0. The first-order valence-corrected chi connectivity index (χ1v) is 8.68. The lowest BCUT2D eigenvalue weighted by molar-refractivity contribution is -0.140. The van der Waals surface area contributed by atoms with E-state index in [9.17, 15) is 18.0 Å². The van der Waals surface area contributed by atoms with Gasteiger partial charge in [0.2, 0.25) is 0 Å². The number of halogens is 3. The van der Waals surface area contributed by atoms with Crippen LogP contribution in [0.15, 0.2) is 48.5 Å². The van der Waals surface area contributed by atoms with Gasteiger partial charge in [-0.1, -0.05) is 30.3 Å². The Morgan fingerprint density at radius 3 is 2.48 bits per heavy atom. The summed E-state index contributed by atoms with van der Waals surface area (Å²) in [6.45, 7) is 3.28. The molecule has 0 saturated carbocycles. The molecule has 0 saturated heterocycles. The van der Waals surface area contributed by atoms with E-state index < -0.39 is 17.8 Å². The predicted octanol–water partition coefficient (Wildman–Crippen LogP) is 3.95. The molecule has 0 spiro atoms. The number of ether oxygens (including phenoxy) is 1. The number of nitrogens with zero attached hydrogens (tertiary/aromatic N) is 2. The third kappa shape index (κ3) is 4.24. The van der Waals surface area contributed by atoms with E-state index in [1.54, 1.807) is 4.90 Å². The molecule has 0 bridgehead atoms. The van der Waals surface area contributed by atoms with Gasteiger partial charge >= 0.3 is 6.18 Å². The highest BCUT2D eigenvalue weighted by molar-refractivity contribution is 5.97. The van der Waals surface area contributed by atoms with E-state index in [1.807, 2.05) is 31.3 Å². The van der Waals surface area contributed by atoms with E-state index in [2.05, 4.69) is 4.90 Å². The van der Waals surface area contributed by atoms with Gasteiger partial charge in [0.15, 0.2) is 6.10 Å².